The van der Waals surface area contributed by atoms with Crippen molar-refractivity contribution in [3.8, 4) is 0 Å². The second-order valence-electron chi connectivity index (χ2n) is 8.06. The van der Waals surface area contributed by atoms with Crippen LogP contribution in [-0.2, 0) is 17.9 Å². The molecule has 0 saturated heterocycles. The molecule has 0 unspecified atom stereocenters. The number of carbonyl (C=O) groups is 3. The minimum Gasteiger partial charge on any atom is -0.350 e. The lowest BCUT2D eigenvalue weighted by molar-refractivity contribution is -0.116. The molecule has 0 bridgehead atoms. The molecule has 4 rings (SSSR count). The first-order chi connectivity index (χ1) is 16.0. The minimum absolute atomic E-state index is 0.135. The second-order valence-corrected chi connectivity index (χ2v) is 8.06. The number of fused-ring (bicyclic) bond motifs is 1. The van der Waals surface area contributed by atoms with Crippen LogP contribution in [0.3, 0.4) is 0 Å². The Labute approximate surface area is 192 Å². The lowest BCUT2D eigenvalue weighted by atomic mass is 10.1. The van der Waals surface area contributed by atoms with Crippen molar-refractivity contribution in [3.63, 3.8) is 0 Å². The summed E-state index contributed by atoms with van der Waals surface area (Å²) in [6.07, 6.45) is 0.893. The van der Waals surface area contributed by atoms with Crippen molar-refractivity contribution in [3.05, 3.63) is 83.2 Å². The molecule has 2 heterocycles. The fourth-order valence-electron chi connectivity index (χ4n) is 3.81. The average molecular weight is 446 g/mol. The van der Waals surface area contributed by atoms with Gasteiger partial charge in [0.25, 0.3) is 11.8 Å². The second kappa shape index (κ2) is 10.1. The Kier molecular flexibility index (Phi) is 6.83. The highest BCUT2D eigenvalue weighted by atomic mass is 16.2. The van der Waals surface area contributed by atoms with Crippen LogP contribution in [0.15, 0.2) is 60.7 Å². The first-order valence-electron chi connectivity index (χ1n) is 11.1. The van der Waals surface area contributed by atoms with Crippen molar-refractivity contribution < 1.29 is 14.4 Å². The van der Waals surface area contributed by atoms with E-state index in [0.717, 1.165) is 17.5 Å². The van der Waals surface area contributed by atoms with Crippen LogP contribution in [0.1, 0.15) is 44.9 Å². The van der Waals surface area contributed by atoms with E-state index in [0.29, 0.717) is 31.0 Å². The van der Waals surface area contributed by atoms with Gasteiger partial charge in [-0.05, 0) is 36.6 Å². The number of nitrogens with one attached hydrogen (secondary N) is 2. The van der Waals surface area contributed by atoms with Crippen molar-refractivity contribution >= 4 is 23.4 Å². The molecule has 0 radical (unpaired) electrons. The number of nitrogens with zero attached hydrogens (tertiary/aromatic N) is 3. The van der Waals surface area contributed by atoms with E-state index in [9.17, 15) is 14.4 Å². The molecule has 0 saturated carbocycles. The van der Waals surface area contributed by atoms with Crippen LogP contribution in [0.25, 0.3) is 0 Å². The standard InChI is InChI=1S/C25H27N5O3/c1-18-8-5-6-9-19(18)17-29-14-7-15-30-22(25(29)33)16-21(28-30)24(32)26-13-12-23(31)27-20-10-3-2-4-11-20/h2-6,8-11,16H,7,12-15,17H2,1H3,(H,26,32)(H,27,31). The highest BCUT2D eigenvalue weighted by Gasteiger charge is 2.26. The van der Waals surface area contributed by atoms with Crippen molar-refractivity contribution in [2.24, 2.45) is 0 Å². The predicted octanol–water partition coefficient (Wildman–Crippen LogP) is 3.00. The molecule has 0 aliphatic carbocycles. The summed E-state index contributed by atoms with van der Waals surface area (Å²) in [5, 5.41) is 9.83. The van der Waals surface area contributed by atoms with Crippen molar-refractivity contribution in [2.75, 3.05) is 18.4 Å². The molecule has 170 valence electrons. The molecule has 0 spiro atoms. The van der Waals surface area contributed by atoms with Crippen LogP contribution < -0.4 is 10.6 Å². The summed E-state index contributed by atoms with van der Waals surface area (Å²) in [4.78, 5) is 39.6. The molecule has 1 aliphatic heterocycles. The zero-order chi connectivity index (χ0) is 23.2. The number of benzene rings is 2. The highest BCUT2D eigenvalue weighted by molar-refractivity contribution is 5.98. The van der Waals surface area contributed by atoms with E-state index in [4.69, 9.17) is 0 Å². The lowest BCUT2D eigenvalue weighted by Gasteiger charge is -2.21. The molecule has 3 aromatic rings. The van der Waals surface area contributed by atoms with E-state index in [-0.39, 0.29) is 30.5 Å². The summed E-state index contributed by atoms with van der Waals surface area (Å²) < 4.78 is 1.61. The minimum atomic E-state index is -0.402. The van der Waals surface area contributed by atoms with Gasteiger partial charge in [0.1, 0.15) is 5.69 Å². The highest BCUT2D eigenvalue weighted by Crippen LogP contribution is 2.18. The van der Waals surface area contributed by atoms with Gasteiger partial charge in [-0.15, -0.1) is 0 Å². The Morgan fingerprint density at radius 1 is 1.03 bits per heavy atom. The number of aryl methyl sites for hydroxylation is 2. The molecular formula is C25H27N5O3. The summed E-state index contributed by atoms with van der Waals surface area (Å²) in [6.45, 7) is 3.93. The van der Waals surface area contributed by atoms with Gasteiger partial charge >= 0.3 is 0 Å². The smallest absolute Gasteiger partial charge is 0.272 e. The van der Waals surface area contributed by atoms with Crippen molar-refractivity contribution in [2.45, 2.75) is 32.9 Å². The number of rotatable bonds is 7. The first-order valence-corrected chi connectivity index (χ1v) is 11.1. The number of hydrogen-bond donors (Lipinski definition) is 2. The van der Waals surface area contributed by atoms with Gasteiger partial charge in [-0.3, -0.25) is 19.1 Å². The Morgan fingerprint density at radius 3 is 2.58 bits per heavy atom. The third kappa shape index (κ3) is 5.46. The van der Waals surface area contributed by atoms with Crippen LogP contribution in [0.5, 0.6) is 0 Å². The largest absolute Gasteiger partial charge is 0.350 e. The van der Waals surface area contributed by atoms with E-state index >= 15 is 0 Å². The Morgan fingerprint density at radius 2 is 1.79 bits per heavy atom. The third-order valence-corrected chi connectivity index (χ3v) is 5.63. The topological polar surface area (TPSA) is 96.3 Å². The predicted molar refractivity (Wildman–Crippen MR) is 125 cm³/mol. The molecule has 0 fully saturated rings. The Hall–Kier alpha value is -3.94. The Bertz CT molecular complexity index is 1160. The van der Waals surface area contributed by atoms with E-state index in [2.05, 4.69) is 15.7 Å². The monoisotopic (exact) mass is 445 g/mol. The molecule has 33 heavy (non-hydrogen) atoms. The van der Waals surface area contributed by atoms with E-state index < -0.39 is 5.91 Å². The number of aromatic nitrogens is 2. The fourth-order valence-corrected chi connectivity index (χ4v) is 3.81. The van der Waals surface area contributed by atoms with E-state index in [1.165, 1.54) is 6.07 Å². The molecule has 8 nitrogen and oxygen atoms in total. The molecule has 8 heteroatoms. The number of amides is 3. The summed E-state index contributed by atoms with van der Waals surface area (Å²) in [7, 11) is 0. The van der Waals surface area contributed by atoms with Gasteiger partial charge < -0.3 is 15.5 Å². The van der Waals surface area contributed by atoms with Crippen LogP contribution in [0.2, 0.25) is 0 Å². The van der Waals surface area contributed by atoms with Gasteiger partial charge in [0.2, 0.25) is 5.91 Å². The summed E-state index contributed by atoms with van der Waals surface area (Å²) >= 11 is 0. The Balaban J connectivity index is 1.35. The third-order valence-electron chi connectivity index (χ3n) is 5.63. The van der Waals surface area contributed by atoms with Crippen LogP contribution in [0.4, 0.5) is 5.69 Å². The van der Waals surface area contributed by atoms with Crippen molar-refractivity contribution in [1.82, 2.24) is 20.0 Å². The summed E-state index contributed by atoms with van der Waals surface area (Å²) in [5.74, 6) is -0.727. The average Bonchev–Trinajstić information content (AvgIpc) is 3.18. The maximum Gasteiger partial charge on any atom is 0.272 e. The molecule has 2 N–H and O–H groups in total. The van der Waals surface area contributed by atoms with E-state index in [1.807, 2.05) is 49.4 Å². The molecule has 1 aromatic heterocycles. The van der Waals surface area contributed by atoms with Crippen LogP contribution >= 0.6 is 0 Å². The first kappa shape index (κ1) is 22.3. The van der Waals surface area contributed by atoms with E-state index in [1.54, 1.807) is 21.7 Å². The fraction of sp³-hybridized carbons (Fsp3) is 0.280. The van der Waals surface area contributed by atoms with Gasteiger partial charge in [0, 0.05) is 44.4 Å². The number of para-hydroxylation sites is 1. The molecular weight excluding hydrogens is 418 g/mol. The van der Waals surface area contributed by atoms with Crippen LogP contribution in [-0.4, -0.2) is 45.5 Å². The summed E-state index contributed by atoms with van der Waals surface area (Å²) in [5.41, 5.74) is 3.54. The van der Waals surface area contributed by atoms with Crippen LogP contribution in [0, 0.1) is 6.92 Å². The van der Waals surface area contributed by atoms with Gasteiger partial charge in [-0.2, -0.15) is 5.10 Å². The zero-order valence-electron chi connectivity index (χ0n) is 18.6. The molecule has 2 aromatic carbocycles. The SMILES string of the molecule is Cc1ccccc1CN1CCCn2nc(C(=O)NCCC(=O)Nc3ccccc3)cc2C1=O. The van der Waals surface area contributed by atoms with Gasteiger partial charge in [-0.1, -0.05) is 42.5 Å². The lowest BCUT2D eigenvalue weighted by Crippen LogP contribution is -2.31. The zero-order valence-corrected chi connectivity index (χ0v) is 18.6. The maximum atomic E-state index is 13.1. The quantitative estimate of drug-likeness (QED) is 0.584. The maximum absolute atomic E-state index is 13.1. The summed E-state index contributed by atoms with van der Waals surface area (Å²) in [6, 6.07) is 18.7. The van der Waals surface area contributed by atoms with Gasteiger partial charge in [-0.25, -0.2) is 0 Å². The van der Waals surface area contributed by atoms with Gasteiger partial charge in [0.05, 0.1) is 0 Å². The molecule has 3 amide bonds. The molecule has 1 aliphatic rings. The number of carbonyl (C=O) groups excluding carboxylic acids is 3. The number of hydrogen-bond acceptors (Lipinski definition) is 4. The molecule has 0 atom stereocenters. The van der Waals surface area contributed by atoms with Gasteiger partial charge in [0.15, 0.2) is 5.69 Å². The normalized spacial score (nSPS) is 13.2. The number of anilines is 1. The van der Waals surface area contributed by atoms with Crippen molar-refractivity contribution in [1.29, 1.82) is 0 Å².